The van der Waals surface area contributed by atoms with Crippen molar-refractivity contribution in [3.63, 3.8) is 0 Å². The third kappa shape index (κ3) is 9.59. The quantitative estimate of drug-likeness (QED) is 0.0598. The van der Waals surface area contributed by atoms with Crippen LogP contribution in [0.15, 0.2) is 60.3 Å². The molecule has 3 heterocycles. The minimum atomic E-state index is -4.30. The summed E-state index contributed by atoms with van der Waals surface area (Å²) in [5, 5.41) is 0.426. The van der Waals surface area contributed by atoms with Crippen LogP contribution in [0.4, 0.5) is 11.4 Å². The van der Waals surface area contributed by atoms with Gasteiger partial charge in [0.05, 0.1) is 40.2 Å². The Kier molecular flexibility index (Phi) is 13.5. The normalized spacial score (nSPS) is 19.7. The van der Waals surface area contributed by atoms with Crippen LogP contribution in [0.25, 0.3) is 0 Å². The lowest BCUT2D eigenvalue weighted by Crippen LogP contribution is -2.32. The number of benzene rings is 2. The maximum absolute atomic E-state index is 13.9. The number of carbonyl (C=O) groups excluding carboxylic acids is 4. The number of anilines is 1. The van der Waals surface area contributed by atoms with Gasteiger partial charge in [-0.3, -0.25) is 18.7 Å². The lowest BCUT2D eigenvalue weighted by Gasteiger charge is -2.30. The first-order chi connectivity index (χ1) is 27.2. The summed E-state index contributed by atoms with van der Waals surface area (Å²) in [6, 6.07) is 10.8. The smallest absolute Gasteiger partial charge is 0.364 e. The van der Waals surface area contributed by atoms with Crippen molar-refractivity contribution >= 4 is 61.1 Å². The first-order valence-corrected chi connectivity index (χ1v) is 22.7. The SMILES string of the molecule is CCCC[N+]1=C(/C=C/C=C2/N(CCCS(=O)(=O)O)c3ccccc3C2(C)CCC)C(C)(C)c2c(C(=O)OCCCS(=O)(=O)O)cc(C(=O)ON3C(=O)CCC3=O)cc21. The molecule has 2 N–H and O–H groups in total. The fraction of sp³-hybridized carbons (Fsp3) is 0.488. The van der Waals surface area contributed by atoms with Crippen LogP contribution in [0.2, 0.25) is 0 Å². The molecular weight excluding hydrogens is 791 g/mol. The van der Waals surface area contributed by atoms with Crippen LogP contribution in [0, 0.1) is 0 Å². The number of para-hydroxylation sites is 1. The number of ether oxygens (including phenoxy) is 1. The molecule has 2 aromatic carbocycles. The predicted molar refractivity (Wildman–Crippen MR) is 216 cm³/mol. The second-order valence-electron chi connectivity index (χ2n) is 15.5. The number of fused-ring (bicyclic) bond motifs is 2. The number of esters is 1. The van der Waals surface area contributed by atoms with Gasteiger partial charge in [0.1, 0.15) is 6.54 Å². The Bertz CT molecular complexity index is 2280. The summed E-state index contributed by atoms with van der Waals surface area (Å²) in [6.07, 6.45) is 8.87. The molecule has 1 fully saturated rings. The fourth-order valence-corrected chi connectivity index (χ4v) is 9.13. The summed E-state index contributed by atoms with van der Waals surface area (Å²) in [5.41, 5.74) is 3.36. The molecule has 1 atom stereocenters. The van der Waals surface area contributed by atoms with Crippen LogP contribution < -0.4 is 4.90 Å². The summed E-state index contributed by atoms with van der Waals surface area (Å²) in [5.74, 6) is -4.25. The van der Waals surface area contributed by atoms with E-state index in [-0.39, 0.29) is 49.2 Å². The zero-order chi connectivity index (χ0) is 42.6. The van der Waals surface area contributed by atoms with Crippen molar-refractivity contribution in [2.24, 2.45) is 0 Å². The third-order valence-electron chi connectivity index (χ3n) is 10.8. The van der Waals surface area contributed by atoms with E-state index in [9.17, 15) is 45.1 Å². The number of hydroxylamine groups is 2. The highest BCUT2D eigenvalue weighted by Gasteiger charge is 2.48. The molecule has 58 heavy (non-hydrogen) atoms. The van der Waals surface area contributed by atoms with Gasteiger partial charge in [-0.15, -0.1) is 5.06 Å². The number of hydrogen-bond donors (Lipinski definition) is 2. The molecule has 15 nitrogen and oxygen atoms in total. The van der Waals surface area contributed by atoms with Gasteiger partial charge in [-0.1, -0.05) is 51.0 Å². The van der Waals surface area contributed by atoms with Crippen LogP contribution in [0.5, 0.6) is 0 Å². The number of carbonyl (C=O) groups is 4. The van der Waals surface area contributed by atoms with E-state index < -0.39 is 60.6 Å². The molecule has 1 unspecified atom stereocenters. The molecule has 0 saturated carbocycles. The summed E-state index contributed by atoms with van der Waals surface area (Å²) < 4.78 is 72.1. The highest BCUT2D eigenvalue weighted by Crippen LogP contribution is 2.50. The monoisotopic (exact) mass is 842 g/mol. The van der Waals surface area contributed by atoms with Crippen LogP contribution in [0.3, 0.4) is 0 Å². The Morgan fingerprint density at radius 2 is 1.55 bits per heavy atom. The minimum absolute atomic E-state index is 0.00425. The molecule has 3 aliphatic rings. The van der Waals surface area contributed by atoms with E-state index in [1.54, 1.807) is 6.07 Å². The number of nitrogens with zero attached hydrogens (tertiary/aromatic N) is 3. The van der Waals surface area contributed by atoms with E-state index in [2.05, 4.69) is 24.8 Å². The standard InChI is InChI=1S/C41H51N3O12S2/c1-6-8-21-43-32-27-28(38(47)56-44-35(45)18-19-36(44)46)26-29(39(48)55-23-13-25-58(52,53)54)37(32)40(3,4)33(43)16-11-17-34-41(5,20-7-2)30-14-9-10-15-31(30)42(34)22-12-24-57(49,50)51/h9-11,14-17,26-27H,6-8,12-13,18-25H2,1-5H3,(H-,49,50,51,52,53,54)/p+1. The van der Waals surface area contributed by atoms with E-state index in [0.717, 1.165) is 48.3 Å². The number of unbranched alkanes of at least 4 members (excludes halogenated alkanes) is 1. The first kappa shape index (κ1) is 44.4. The molecule has 2 amide bonds. The van der Waals surface area contributed by atoms with Crippen LogP contribution in [-0.4, -0.2) is 96.2 Å². The van der Waals surface area contributed by atoms with Crippen molar-refractivity contribution in [2.45, 2.75) is 96.8 Å². The van der Waals surface area contributed by atoms with Gasteiger partial charge in [-0.05, 0) is 63.8 Å². The third-order valence-corrected chi connectivity index (χ3v) is 12.4. The number of hydrogen-bond acceptors (Lipinski definition) is 11. The second-order valence-corrected chi connectivity index (χ2v) is 18.6. The lowest BCUT2D eigenvalue weighted by molar-refractivity contribution is -0.438. The van der Waals surface area contributed by atoms with Crippen molar-refractivity contribution in [2.75, 3.05) is 36.1 Å². The molecule has 0 bridgehead atoms. The summed E-state index contributed by atoms with van der Waals surface area (Å²) >= 11 is 0. The van der Waals surface area contributed by atoms with Crippen LogP contribution >= 0.6 is 0 Å². The number of imide groups is 1. The Morgan fingerprint density at radius 1 is 0.897 bits per heavy atom. The molecule has 3 aliphatic heterocycles. The predicted octanol–water partition coefficient (Wildman–Crippen LogP) is 5.81. The summed E-state index contributed by atoms with van der Waals surface area (Å²) in [6.45, 7) is 10.6. The van der Waals surface area contributed by atoms with Gasteiger partial charge in [0, 0.05) is 54.7 Å². The zero-order valence-corrected chi connectivity index (χ0v) is 35.2. The van der Waals surface area contributed by atoms with E-state index in [4.69, 9.17) is 9.57 Å². The molecule has 0 spiro atoms. The molecule has 314 valence electrons. The van der Waals surface area contributed by atoms with Gasteiger partial charge in [0.25, 0.3) is 32.1 Å². The van der Waals surface area contributed by atoms with Crippen LogP contribution in [-0.2, 0) is 50.2 Å². The fourth-order valence-electron chi connectivity index (χ4n) is 8.16. The summed E-state index contributed by atoms with van der Waals surface area (Å²) in [7, 11) is -8.47. The summed E-state index contributed by atoms with van der Waals surface area (Å²) in [4.78, 5) is 59.4. The molecule has 2 aromatic rings. The minimum Gasteiger partial charge on any atom is -0.462 e. The Labute approximate surface area is 339 Å². The second kappa shape index (κ2) is 17.6. The van der Waals surface area contributed by atoms with Crippen molar-refractivity contribution in [3.05, 3.63) is 82.6 Å². The molecule has 5 rings (SSSR count). The average molecular weight is 843 g/mol. The van der Waals surface area contributed by atoms with Gasteiger partial charge in [0.2, 0.25) is 5.69 Å². The molecule has 17 heteroatoms. The number of allylic oxidation sites excluding steroid dienone is 4. The molecule has 1 saturated heterocycles. The zero-order valence-electron chi connectivity index (χ0n) is 33.5. The largest absolute Gasteiger partial charge is 0.462 e. The molecule has 0 aromatic heterocycles. The van der Waals surface area contributed by atoms with E-state index in [1.165, 1.54) is 6.07 Å². The molecule has 0 radical (unpaired) electrons. The van der Waals surface area contributed by atoms with Crippen molar-refractivity contribution in [1.82, 2.24) is 5.06 Å². The topological polar surface area (TPSA) is 205 Å². The van der Waals surface area contributed by atoms with Gasteiger partial charge >= 0.3 is 11.9 Å². The van der Waals surface area contributed by atoms with E-state index in [0.29, 0.717) is 29.4 Å². The average Bonchev–Trinajstić information content (AvgIpc) is 3.67. The van der Waals surface area contributed by atoms with Crippen molar-refractivity contribution < 1.29 is 59.3 Å². The Hall–Kier alpha value is -4.71. The van der Waals surface area contributed by atoms with E-state index in [1.807, 2.05) is 61.8 Å². The maximum Gasteiger partial charge on any atom is 0.364 e. The molecular formula is C41H52N3O12S2+. The van der Waals surface area contributed by atoms with Gasteiger partial charge < -0.3 is 14.5 Å². The highest BCUT2D eigenvalue weighted by molar-refractivity contribution is 7.86. The number of amides is 2. The number of rotatable bonds is 18. The Morgan fingerprint density at radius 3 is 2.19 bits per heavy atom. The van der Waals surface area contributed by atoms with Crippen molar-refractivity contribution in [1.29, 1.82) is 0 Å². The van der Waals surface area contributed by atoms with Gasteiger partial charge in [-0.25, -0.2) is 9.59 Å². The molecule has 0 aliphatic carbocycles. The van der Waals surface area contributed by atoms with Gasteiger partial charge in [-0.2, -0.15) is 21.4 Å². The van der Waals surface area contributed by atoms with Crippen LogP contribution in [0.1, 0.15) is 118 Å². The highest BCUT2D eigenvalue weighted by atomic mass is 32.2. The first-order valence-electron chi connectivity index (χ1n) is 19.5. The maximum atomic E-state index is 13.9. The van der Waals surface area contributed by atoms with E-state index >= 15 is 0 Å². The van der Waals surface area contributed by atoms with Gasteiger partial charge in [0.15, 0.2) is 5.71 Å². The lowest BCUT2D eigenvalue weighted by atomic mass is 9.77. The Balaban J connectivity index is 1.61. The van der Waals surface area contributed by atoms with Crippen molar-refractivity contribution in [3.8, 4) is 0 Å².